The largest absolute Gasteiger partial charge is 0.384 e. The summed E-state index contributed by atoms with van der Waals surface area (Å²) in [4.78, 5) is 2.40. The van der Waals surface area contributed by atoms with Crippen molar-refractivity contribution in [2.75, 3.05) is 32.8 Å². The maximum Gasteiger partial charge on any atom is 0.0979 e. The first kappa shape index (κ1) is 21.8. The lowest BCUT2D eigenvalue weighted by atomic mass is 9.72. The molecule has 1 saturated heterocycles. The van der Waals surface area contributed by atoms with Crippen LogP contribution in [0.4, 0.5) is 0 Å². The summed E-state index contributed by atoms with van der Waals surface area (Å²) in [5, 5.41) is 12.9. The zero-order valence-electron chi connectivity index (χ0n) is 16.6. The summed E-state index contributed by atoms with van der Waals surface area (Å²) in [6, 6.07) is 16.0. The van der Waals surface area contributed by atoms with E-state index < -0.39 is 5.60 Å². The van der Waals surface area contributed by atoms with Gasteiger partial charge >= 0.3 is 0 Å². The first-order chi connectivity index (χ1) is 13.4. The molecule has 0 bridgehead atoms. The van der Waals surface area contributed by atoms with Crippen molar-refractivity contribution in [1.29, 1.82) is 0 Å². The Morgan fingerprint density at radius 1 is 1.07 bits per heavy atom. The molecule has 0 radical (unpaired) electrons. The van der Waals surface area contributed by atoms with E-state index >= 15 is 0 Å². The highest BCUT2D eigenvalue weighted by Crippen LogP contribution is 2.43. The van der Waals surface area contributed by atoms with E-state index in [1.807, 2.05) is 36.4 Å². The maximum atomic E-state index is 12.2. The topological polar surface area (TPSA) is 32.7 Å². The summed E-state index contributed by atoms with van der Waals surface area (Å²) in [5.74, 6) is 0.291. The minimum Gasteiger partial charge on any atom is -0.384 e. The molecule has 1 aliphatic heterocycles. The number of hydrogen-bond acceptors (Lipinski definition) is 3. The number of ether oxygens (including phenoxy) is 1. The van der Waals surface area contributed by atoms with E-state index in [0.29, 0.717) is 17.4 Å². The molecule has 1 fully saturated rings. The van der Waals surface area contributed by atoms with Crippen molar-refractivity contribution in [1.82, 2.24) is 4.90 Å². The van der Waals surface area contributed by atoms with Crippen molar-refractivity contribution in [2.45, 2.75) is 31.8 Å². The van der Waals surface area contributed by atoms with Gasteiger partial charge in [0.1, 0.15) is 0 Å². The van der Waals surface area contributed by atoms with Gasteiger partial charge < -0.3 is 9.84 Å². The van der Waals surface area contributed by atoms with E-state index in [2.05, 4.69) is 46.8 Å². The Morgan fingerprint density at radius 3 is 2.25 bits per heavy atom. The fraction of sp³-hybridized carbons (Fsp3) is 0.478. The third-order valence-electron chi connectivity index (χ3n) is 5.46. The molecular weight excluding hydrogens is 438 g/mol. The molecule has 0 aliphatic carbocycles. The van der Waals surface area contributed by atoms with Crippen LogP contribution in [0.3, 0.4) is 0 Å². The van der Waals surface area contributed by atoms with Gasteiger partial charge in [-0.25, -0.2) is 0 Å². The molecular formula is C23H29BrClNO2. The summed E-state index contributed by atoms with van der Waals surface area (Å²) in [7, 11) is 0. The number of morpholine rings is 1. The van der Waals surface area contributed by atoms with Gasteiger partial charge in [-0.3, -0.25) is 4.90 Å². The molecule has 28 heavy (non-hydrogen) atoms. The summed E-state index contributed by atoms with van der Waals surface area (Å²) in [6.45, 7) is 8.38. The van der Waals surface area contributed by atoms with Gasteiger partial charge in [-0.05, 0) is 47.7 Å². The number of halogens is 2. The van der Waals surface area contributed by atoms with E-state index in [1.54, 1.807) is 0 Å². The molecule has 1 N–H and O–H groups in total. The standard InChI is InChI=1S/C23H29BrClNO2/c1-17(2)15-23(27,19-5-7-20(24)8-6-19)22(16-26-11-13-28-14-12-26)18-3-9-21(25)10-4-18/h3-10,17,22,27H,11-16H2,1-2H3/t22-,23+/m0/s1. The highest BCUT2D eigenvalue weighted by molar-refractivity contribution is 9.10. The molecule has 2 aromatic carbocycles. The van der Waals surface area contributed by atoms with Gasteiger partial charge in [-0.15, -0.1) is 0 Å². The Balaban J connectivity index is 2.03. The predicted octanol–water partition coefficient (Wildman–Crippen LogP) is 5.45. The summed E-state index contributed by atoms with van der Waals surface area (Å²) in [5.41, 5.74) is 1.10. The van der Waals surface area contributed by atoms with Crippen molar-refractivity contribution in [2.24, 2.45) is 5.92 Å². The minimum absolute atomic E-state index is 0.0635. The Bertz CT molecular complexity index is 744. The lowest BCUT2D eigenvalue weighted by Gasteiger charge is -2.42. The lowest BCUT2D eigenvalue weighted by Crippen LogP contribution is -2.45. The fourth-order valence-corrected chi connectivity index (χ4v) is 4.48. The monoisotopic (exact) mass is 465 g/mol. The molecule has 1 heterocycles. The zero-order chi connectivity index (χ0) is 20.1. The molecule has 152 valence electrons. The molecule has 0 amide bonds. The highest BCUT2D eigenvalue weighted by atomic mass is 79.9. The van der Waals surface area contributed by atoms with Crippen LogP contribution in [-0.4, -0.2) is 42.9 Å². The highest BCUT2D eigenvalue weighted by Gasteiger charge is 2.41. The van der Waals surface area contributed by atoms with E-state index in [9.17, 15) is 5.11 Å². The molecule has 0 saturated carbocycles. The average molecular weight is 467 g/mol. The van der Waals surface area contributed by atoms with Gasteiger partial charge in [0.15, 0.2) is 0 Å². The second kappa shape index (κ2) is 9.73. The molecule has 1 aliphatic rings. The summed E-state index contributed by atoms with van der Waals surface area (Å²) >= 11 is 9.66. The van der Waals surface area contributed by atoms with Crippen molar-refractivity contribution >= 4 is 27.5 Å². The van der Waals surface area contributed by atoms with Crippen molar-refractivity contribution < 1.29 is 9.84 Å². The molecule has 3 rings (SSSR count). The van der Waals surface area contributed by atoms with Gasteiger partial charge in [-0.2, -0.15) is 0 Å². The van der Waals surface area contributed by atoms with Gasteiger partial charge in [-0.1, -0.05) is 65.6 Å². The Morgan fingerprint density at radius 2 is 1.68 bits per heavy atom. The van der Waals surface area contributed by atoms with Gasteiger partial charge in [0.25, 0.3) is 0 Å². The van der Waals surface area contributed by atoms with Gasteiger partial charge in [0.05, 0.1) is 18.8 Å². The number of rotatable bonds is 7. The first-order valence-corrected chi connectivity index (χ1v) is 11.1. The number of hydrogen-bond donors (Lipinski definition) is 1. The second-order valence-electron chi connectivity index (χ2n) is 8.05. The van der Waals surface area contributed by atoms with E-state index in [4.69, 9.17) is 16.3 Å². The summed E-state index contributed by atoms with van der Waals surface area (Å²) in [6.07, 6.45) is 0.687. The Hall–Kier alpha value is -0.910. The Kier molecular flexibility index (Phi) is 7.57. The molecule has 0 spiro atoms. The number of nitrogens with zero attached hydrogens (tertiary/aromatic N) is 1. The molecule has 0 unspecified atom stereocenters. The first-order valence-electron chi connectivity index (χ1n) is 9.92. The SMILES string of the molecule is CC(C)C[C@@](O)(c1ccc(Br)cc1)[C@@H](CN1CCOCC1)c1ccc(Cl)cc1. The van der Waals surface area contributed by atoms with Crippen LogP contribution in [0.25, 0.3) is 0 Å². The van der Waals surface area contributed by atoms with Crippen LogP contribution in [0.15, 0.2) is 53.0 Å². The van der Waals surface area contributed by atoms with Crippen molar-refractivity contribution in [3.63, 3.8) is 0 Å². The lowest BCUT2D eigenvalue weighted by molar-refractivity contribution is -0.0356. The fourth-order valence-electron chi connectivity index (χ4n) is 4.09. The summed E-state index contributed by atoms with van der Waals surface area (Å²) < 4.78 is 6.54. The zero-order valence-corrected chi connectivity index (χ0v) is 18.9. The van der Waals surface area contributed by atoms with Crippen LogP contribution in [0.5, 0.6) is 0 Å². The smallest absolute Gasteiger partial charge is 0.0979 e. The maximum absolute atomic E-state index is 12.2. The van der Waals surface area contributed by atoms with Crippen LogP contribution in [-0.2, 0) is 10.3 Å². The van der Waals surface area contributed by atoms with Crippen LogP contribution in [0, 0.1) is 5.92 Å². The number of aliphatic hydroxyl groups is 1. The predicted molar refractivity (Wildman–Crippen MR) is 119 cm³/mol. The van der Waals surface area contributed by atoms with Gasteiger partial charge in [0, 0.05) is 35.0 Å². The average Bonchev–Trinajstić information content (AvgIpc) is 2.67. The van der Waals surface area contributed by atoms with E-state index in [0.717, 1.165) is 48.4 Å². The molecule has 0 aromatic heterocycles. The van der Waals surface area contributed by atoms with Crippen molar-refractivity contribution in [3.05, 3.63) is 69.2 Å². The van der Waals surface area contributed by atoms with Crippen LogP contribution < -0.4 is 0 Å². The van der Waals surface area contributed by atoms with Gasteiger partial charge in [0.2, 0.25) is 0 Å². The van der Waals surface area contributed by atoms with Crippen molar-refractivity contribution in [3.8, 4) is 0 Å². The number of benzene rings is 2. The van der Waals surface area contributed by atoms with E-state index in [1.165, 1.54) is 0 Å². The Labute approximate surface area is 181 Å². The quantitative estimate of drug-likeness (QED) is 0.589. The molecule has 2 atom stereocenters. The minimum atomic E-state index is -0.971. The van der Waals surface area contributed by atoms with E-state index in [-0.39, 0.29) is 5.92 Å². The molecule has 5 heteroatoms. The van der Waals surface area contributed by atoms with Crippen LogP contribution in [0.1, 0.15) is 37.3 Å². The van der Waals surface area contributed by atoms with Crippen LogP contribution >= 0.6 is 27.5 Å². The second-order valence-corrected chi connectivity index (χ2v) is 9.40. The van der Waals surface area contributed by atoms with Crippen LogP contribution in [0.2, 0.25) is 5.02 Å². The molecule has 3 nitrogen and oxygen atoms in total. The molecule has 2 aromatic rings. The normalized spacial score (nSPS) is 18.8. The third-order valence-corrected chi connectivity index (χ3v) is 6.24. The third kappa shape index (κ3) is 5.37.